The monoisotopic (exact) mass is 258 g/mol. The molecule has 3 nitrogen and oxygen atoms in total. The fourth-order valence-corrected chi connectivity index (χ4v) is 3.59. The van der Waals surface area contributed by atoms with E-state index in [0.29, 0.717) is 18.5 Å². The summed E-state index contributed by atoms with van der Waals surface area (Å²) in [4.78, 5) is 14.4. The predicted octanol–water partition coefficient (Wildman–Crippen LogP) is 2.61. The van der Waals surface area contributed by atoms with Crippen LogP contribution in [0.25, 0.3) is 0 Å². The maximum absolute atomic E-state index is 12.3. The van der Waals surface area contributed by atoms with Crippen molar-refractivity contribution in [3.8, 4) is 0 Å². The summed E-state index contributed by atoms with van der Waals surface area (Å²) in [6.07, 6.45) is 3.71. The van der Waals surface area contributed by atoms with Crippen LogP contribution in [-0.2, 0) is 4.79 Å². The van der Waals surface area contributed by atoms with Crippen molar-refractivity contribution in [1.29, 1.82) is 0 Å². The van der Waals surface area contributed by atoms with Crippen LogP contribution in [0.1, 0.15) is 43.5 Å². The number of rotatable bonds is 2. The van der Waals surface area contributed by atoms with Crippen LogP contribution in [0.4, 0.5) is 0 Å². The van der Waals surface area contributed by atoms with Crippen LogP contribution in [0.15, 0.2) is 24.3 Å². The molecule has 102 valence electrons. The van der Waals surface area contributed by atoms with Crippen LogP contribution in [0.2, 0.25) is 0 Å². The Morgan fingerprint density at radius 1 is 1.26 bits per heavy atom. The molecule has 1 aromatic rings. The molecule has 2 aliphatic rings. The molecule has 1 heterocycles. The first-order valence-corrected chi connectivity index (χ1v) is 7.28. The zero-order valence-electron chi connectivity index (χ0n) is 11.7. The number of nitrogens with zero attached hydrogens (tertiary/aromatic N) is 1. The third-order valence-corrected chi connectivity index (χ3v) is 4.67. The molecule has 2 fully saturated rings. The number of carbonyl (C=O) groups excluding carboxylic acids is 1. The third-order valence-electron chi connectivity index (χ3n) is 4.67. The van der Waals surface area contributed by atoms with E-state index in [4.69, 9.17) is 0 Å². The summed E-state index contributed by atoms with van der Waals surface area (Å²) in [7, 11) is 0. The maximum atomic E-state index is 12.3. The summed E-state index contributed by atoms with van der Waals surface area (Å²) in [6, 6.07) is 8.78. The lowest BCUT2D eigenvalue weighted by atomic mass is 10.0. The Morgan fingerprint density at radius 2 is 2.05 bits per heavy atom. The van der Waals surface area contributed by atoms with Gasteiger partial charge in [-0.25, -0.2) is 0 Å². The Morgan fingerprint density at radius 3 is 2.74 bits per heavy atom. The van der Waals surface area contributed by atoms with Crippen molar-refractivity contribution >= 4 is 5.91 Å². The van der Waals surface area contributed by atoms with Crippen LogP contribution in [0, 0.1) is 12.8 Å². The highest BCUT2D eigenvalue weighted by Crippen LogP contribution is 2.36. The van der Waals surface area contributed by atoms with Crippen molar-refractivity contribution < 1.29 is 4.79 Å². The van der Waals surface area contributed by atoms with E-state index in [1.54, 1.807) is 0 Å². The fraction of sp³-hybridized carbons (Fsp3) is 0.562. The topological polar surface area (TPSA) is 32.3 Å². The van der Waals surface area contributed by atoms with E-state index in [9.17, 15) is 4.79 Å². The van der Waals surface area contributed by atoms with Gasteiger partial charge in [-0.2, -0.15) is 0 Å². The van der Waals surface area contributed by atoms with Crippen molar-refractivity contribution in [2.24, 2.45) is 5.92 Å². The van der Waals surface area contributed by atoms with Crippen LogP contribution >= 0.6 is 0 Å². The number of amides is 1. The van der Waals surface area contributed by atoms with Gasteiger partial charge in [0.05, 0.1) is 6.54 Å². The molecule has 1 aliphatic carbocycles. The average molecular weight is 258 g/mol. The highest BCUT2D eigenvalue weighted by atomic mass is 16.2. The van der Waals surface area contributed by atoms with Gasteiger partial charge >= 0.3 is 0 Å². The summed E-state index contributed by atoms with van der Waals surface area (Å²) in [5.41, 5.74) is 2.50. The van der Waals surface area contributed by atoms with Crippen molar-refractivity contribution in [3.05, 3.63) is 35.4 Å². The van der Waals surface area contributed by atoms with Crippen LogP contribution < -0.4 is 5.32 Å². The van der Waals surface area contributed by atoms with Gasteiger partial charge in [0, 0.05) is 6.04 Å². The minimum absolute atomic E-state index is 0.0687. The molecular weight excluding hydrogens is 236 g/mol. The number of nitrogens with one attached hydrogen (secondary N) is 1. The van der Waals surface area contributed by atoms with Crippen LogP contribution in [0.5, 0.6) is 0 Å². The molecule has 19 heavy (non-hydrogen) atoms. The molecule has 0 radical (unpaired) electrons. The Balaban J connectivity index is 1.92. The molecule has 0 spiro atoms. The van der Waals surface area contributed by atoms with Crippen molar-refractivity contribution in [1.82, 2.24) is 10.2 Å². The standard InChI is InChI=1S/C16H22N2O/c1-11-6-3-4-8-13(11)16-17-10-15(19)18(16)14-9-5-7-12(14)2/h3-4,6,8,12,14,16-17H,5,7,9-10H2,1-2H3. The quantitative estimate of drug-likeness (QED) is 0.884. The van der Waals surface area contributed by atoms with E-state index in [2.05, 4.69) is 48.3 Å². The van der Waals surface area contributed by atoms with Crippen molar-refractivity contribution in [2.75, 3.05) is 6.54 Å². The number of carbonyl (C=O) groups is 1. The highest BCUT2D eigenvalue weighted by Gasteiger charge is 2.40. The molecule has 1 N–H and O–H groups in total. The third kappa shape index (κ3) is 2.16. The molecular formula is C16H22N2O. The van der Waals surface area contributed by atoms with Gasteiger partial charge in [0.2, 0.25) is 5.91 Å². The second-order valence-corrected chi connectivity index (χ2v) is 5.92. The number of hydrogen-bond donors (Lipinski definition) is 1. The number of aryl methyl sites for hydroxylation is 1. The first-order chi connectivity index (χ1) is 9.18. The second kappa shape index (κ2) is 4.97. The highest BCUT2D eigenvalue weighted by molar-refractivity contribution is 5.81. The Kier molecular flexibility index (Phi) is 3.31. The van der Waals surface area contributed by atoms with Gasteiger partial charge in [-0.3, -0.25) is 10.1 Å². The van der Waals surface area contributed by atoms with E-state index in [1.165, 1.54) is 24.0 Å². The molecule has 0 bridgehead atoms. The largest absolute Gasteiger partial charge is 0.319 e. The minimum atomic E-state index is 0.0687. The number of benzene rings is 1. The zero-order chi connectivity index (χ0) is 13.4. The first kappa shape index (κ1) is 12.7. The summed E-state index contributed by atoms with van der Waals surface area (Å²) < 4.78 is 0. The molecule has 1 amide bonds. The molecule has 1 aromatic carbocycles. The van der Waals surface area contributed by atoms with Gasteiger partial charge in [0.1, 0.15) is 6.17 Å². The molecule has 1 saturated heterocycles. The molecule has 3 heteroatoms. The summed E-state index contributed by atoms with van der Waals surface area (Å²) in [6.45, 7) is 4.87. The predicted molar refractivity (Wildman–Crippen MR) is 75.6 cm³/mol. The molecule has 3 unspecified atom stereocenters. The second-order valence-electron chi connectivity index (χ2n) is 5.92. The lowest BCUT2D eigenvalue weighted by Crippen LogP contribution is -2.41. The molecule has 3 atom stereocenters. The van der Waals surface area contributed by atoms with E-state index < -0.39 is 0 Å². The summed E-state index contributed by atoms with van der Waals surface area (Å²) >= 11 is 0. The fourth-order valence-electron chi connectivity index (χ4n) is 3.59. The van der Waals surface area contributed by atoms with E-state index in [0.717, 1.165) is 6.42 Å². The van der Waals surface area contributed by atoms with Crippen molar-refractivity contribution in [2.45, 2.75) is 45.3 Å². The Labute approximate surface area is 115 Å². The first-order valence-electron chi connectivity index (χ1n) is 7.28. The van der Waals surface area contributed by atoms with Crippen molar-refractivity contribution in [3.63, 3.8) is 0 Å². The normalized spacial score (nSPS) is 31.2. The summed E-state index contributed by atoms with van der Waals surface area (Å²) in [5, 5.41) is 3.39. The maximum Gasteiger partial charge on any atom is 0.238 e. The van der Waals surface area contributed by atoms with Crippen LogP contribution in [-0.4, -0.2) is 23.4 Å². The van der Waals surface area contributed by atoms with Gasteiger partial charge in [-0.15, -0.1) is 0 Å². The molecule has 3 rings (SSSR count). The van der Waals surface area contributed by atoms with E-state index in [-0.39, 0.29) is 12.1 Å². The lowest BCUT2D eigenvalue weighted by molar-refractivity contribution is -0.131. The molecule has 1 saturated carbocycles. The van der Waals surface area contributed by atoms with Gasteiger partial charge in [-0.05, 0) is 36.8 Å². The Hall–Kier alpha value is -1.35. The SMILES string of the molecule is Cc1ccccc1C1NCC(=O)N1C1CCCC1C. The number of hydrogen-bond acceptors (Lipinski definition) is 2. The smallest absolute Gasteiger partial charge is 0.238 e. The van der Waals surface area contributed by atoms with Gasteiger partial charge < -0.3 is 4.90 Å². The zero-order valence-corrected chi connectivity index (χ0v) is 11.7. The molecule has 0 aromatic heterocycles. The van der Waals surface area contributed by atoms with E-state index in [1.807, 2.05) is 0 Å². The van der Waals surface area contributed by atoms with Gasteiger partial charge in [-0.1, -0.05) is 37.6 Å². The summed E-state index contributed by atoms with van der Waals surface area (Å²) in [5.74, 6) is 0.877. The van der Waals surface area contributed by atoms with Gasteiger partial charge in [0.25, 0.3) is 0 Å². The Bertz CT molecular complexity index is 485. The van der Waals surface area contributed by atoms with Gasteiger partial charge in [0.15, 0.2) is 0 Å². The lowest BCUT2D eigenvalue weighted by Gasteiger charge is -2.33. The average Bonchev–Trinajstić information content (AvgIpc) is 2.96. The van der Waals surface area contributed by atoms with Crippen LogP contribution in [0.3, 0.4) is 0 Å². The van der Waals surface area contributed by atoms with E-state index >= 15 is 0 Å². The minimum Gasteiger partial charge on any atom is -0.319 e. The molecule has 1 aliphatic heterocycles.